The maximum absolute atomic E-state index is 10.7. The molecule has 2 aliphatic rings. The van der Waals surface area contributed by atoms with Crippen LogP contribution in [0.3, 0.4) is 0 Å². The fraction of sp³-hybridized carbons (Fsp3) is 0.545. The van der Waals surface area contributed by atoms with E-state index in [4.69, 9.17) is 4.98 Å². The SMILES string of the molecule is CCCSc1nc(N(c2ccccc2)C2CC2)c2nnn(C3[C@@H](O)[C@@H](O)C(O)[C@@H](O)[C@H]3O)c2n1. The van der Waals surface area contributed by atoms with Gasteiger partial charge in [0.25, 0.3) is 0 Å². The third-order valence-corrected chi connectivity index (χ3v) is 7.33. The second-order valence-electron chi connectivity index (χ2n) is 8.76. The molecule has 12 heteroatoms. The summed E-state index contributed by atoms with van der Waals surface area (Å²) in [5.74, 6) is 1.36. The number of nitrogens with zero attached hydrogens (tertiary/aromatic N) is 6. The van der Waals surface area contributed by atoms with E-state index in [-0.39, 0.29) is 11.7 Å². The maximum atomic E-state index is 10.7. The highest BCUT2D eigenvalue weighted by atomic mass is 32.2. The number of aliphatic hydroxyl groups excluding tert-OH is 5. The Hall–Kier alpha value is -2.35. The van der Waals surface area contributed by atoms with Gasteiger partial charge in [0.05, 0.1) is 0 Å². The first kappa shape index (κ1) is 23.4. The molecule has 182 valence electrons. The zero-order valence-corrected chi connectivity index (χ0v) is 19.4. The van der Waals surface area contributed by atoms with Gasteiger partial charge in [0.1, 0.15) is 36.6 Å². The van der Waals surface area contributed by atoms with E-state index in [1.54, 1.807) is 0 Å². The number of aliphatic hydroxyl groups is 5. The molecule has 5 N–H and O–H groups in total. The topological polar surface area (TPSA) is 161 Å². The van der Waals surface area contributed by atoms with Crippen LogP contribution in [-0.4, -0.2) is 92.8 Å². The Kier molecular flexibility index (Phi) is 6.44. The van der Waals surface area contributed by atoms with E-state index < -0.39 is 36.6 Å². The van der Waals surface area contributed by atoms with Crippen molar-refractivity contribution in [1.82, 2.24) is 25.0 Å². The van der Waals surface area contributed by atoms with Crippen LogP contribution in [0.1, 0.15) is 32.2 Å². The monoisotopic (exact) mass is 488 g/mol. The van der Waals surface area contributed by atoms with Gasteiger partial charge in [-0.25, -0.2) is 14.6 Å². The van der Waals surface area contributed by atoms with Crippen molar-refractivity contribution in [2.75, 3.05) is 10.7 Å². The first-order chi connectivity index (χ1) is 16.4. The molecule has 0 amide bonds. The number of fused-ring (bicyclic) bond motifs is 1. The van der Waals surface area contributed by atoms with Gasteiger partial charge in [0.2, 0.25) is 0 Å². The van der Waals surface area contributed by atoms with Crippen LogP contribution in [0.15, 0.2) is 35.5 Å². The smallest absolute Gasteiger partial charge is 0.191 e. The molecule has 2 fully saturated rings. The molecule has 2 unspecified atom stereocenters. The Bertz CT molecular complexity index is 1130. The highest BCUT2D eigenvalue weighted by molar-refractivity contribution is 7.99. The Morgan fingerprint density at radius 2 is 1.59 bits per heavy atom. The van der Waals surface area contributed by atoms with Crippen molar-refractivity contribution in [2.24, 2.45) is 0 Å². The molecule has 3 aromatic rings. The van der Waals surface area contributed by atoms with Crippen molar-refractivity contribution >= 4 is 34.4 Å². The van der Waals surface area contributed by atoms with Crippen LogP contribution < -0.4 is 4.90 Å². The van der Waals surface area contributed by atoms with Crippen LogP contribution in [0, 0.1) is 0 Å². The van der Waals surface area contributed by atoms with E-state index in [2.05, 4.69) is 27.1 Å². The predicted octanol–water partition coefficient (Wildman–Crippen LogP) is 0.383. The lowest BCUT2D eigenvalue weighted by molar-refractivity contribution is -0.199. The van der Waals surface area contributed by atoms with Crippen LogP contribution in [0.2, 0.25) is 0 Å². The van der Waals surface area contributed by atoms with Gasteiger partial charge in [0.15, 0.2) is 22.1 Å². The fourth-order valence-electron chi connectivity index (χ4n) is 4.35. The van der Waals surface area contributed by atoms with E-state index in [1.165, 1.54) is 16.4 Å². The van der Waals surface area contributed by atoms with Crippen LogP contribution in [0.4, 0.5) is 11.5 Å². The normalized spacial score (nSPS) is 29.5. The van der Waals surface area contributed by atoms with Gasteiger partial charge in [0, 0.05) is 17.5 Å². The van der Waals surface area contributed by atoms with E-state index in [1.807, 2.05) is 30.3 Å². The van der Waals surface area contributed by atoms with Crippen LogP contribution >= 0.6 is 11.8 Å². The van der Waals surface area contributed by atoms with Gasteiger partial charge in [-0.05, 0) is 31.4 Å². The summed E-state index contributed by atoms with van der Waals surface area (Å²) in [5, 5.41) is 60.7. The molecular weight excluding hydrogens is 460 g/mol. The van der Waals surface area contributed by atoms with Crippen molar-refractivity contribution in [3.63, 3.8) is 0 Å². The standard InChI is InChI=1S/C22H28N6O5S/c1-2-10-34-22-23-20(27(12-8-9-12)11-6-4-3-5-7-11)13-21(24-22)28(26-25-13)14-15(29)17(31)19(33)18(32)16(14)30/h3-7,12,14-19,29-33H,2,8-10H2,1H3/t14?,15-,16+,17-,18+,19?. The van der Waals surface area contributed by atoms with Crippen LogP contribution in [-0.2, 0) is 0 Å². The molecule has 1 aromatic carbocycles. The van der Waals surface area contributed by atoms with Crippen molar-refractivity contribution in [3.8, 4) is 0 Å². The number of aromatic nitrogens is 5. The number of hydrogen-bond acceptors (Lipinski definition) is 11. The molecule has 11 nitrogen and oxygen atoms in total. The fourth-order valence-corrected chi connectivity index (χ4v) is 5.04. The summed E-state index contributed by atoms with van der Waals surface area (Å²) in [5.41, 5.74) is 1.60. The number of hydrogen-bond donors (Lipinski definition) is 5. The molecule has 0 bridgehead atoms. The largest absolute Gasteiger partial charge is 0.388 e. The van der Waals surface area contributed by atoms with Crippen molar-refractivity contribution in [1.29, 1.82) is 0 Å². The van der Waals surface area contributed by atoms with Gasteiger partial charge >= 0.3 is 0 Å². The molecule has 6 atom stereocenters. The molecule has 2 aromatic heterocycles. The molecule has 2 saturated carbocycles. The van der Waals surface area contributed by atoms with Crippen molar-refractivity contribution < 1.29 is 25.5 Å². The number of benzene rings is 1. The third kappa shape index (κ3) is 4.04. The van der Waals surface area contributed by atoms with Gasteiger partial charge in [-0.15, -0.1) is 5.10 Å². The van der Waals surface area contributed by atoms with E-state index in [0.29, 0.717) is 16.5 Å². The summed E-state index contributed by atoms with van der Waals surface area (Å²) < 4.78 is 1.22. The summed E-state index contributed by atoms with van der Waals surface area (Å²) in [4.78, 5) is 11.5. The van der Waals surface area contributed by atoms with E-state index in [9.17, 15) is 25.5 Å². The molecule has 5 rings (SSSR count). The summed E-state index contributed by atoms with van der Waals surface area (Å²) in [6, 6.07) is 8.83. The maximum Gasteiger partial charge on any atom is 0.191 e. The van der Waals surface area contributed by atoms with Crippen LogP contribution in [0.5, 0.6) is 0 Å². The summed E-state index contributed by atoms with van der Waals surface area (Å²) in [6.45, 7) is 2.06. The quantitative estimate of drug-likeness (QED) is 0.231. The lowest BCUT2D eigenvalue weighted by Crippen LogP contribution is -2.61. The molecule has 0 aliphatic heterocycles. The minimum Gasteiger partial charge on any atom is -0.388 e. The molecule has 34 heavy (non-hydrogen) atoms. The minimum absolute atomic E-state index is 0.249. The number of para-hydroxylation sites is 1. The number of anilines is 2. The summed E-state index contributed by atoms with van der Waals surface area (Å²) >= 11 is 1.47. The number of rotatable bonds is 7. The lowest BCUT2D eigenvalue weighted by atomic mass is 9.83. The van der Waals surface area contributed by atoms with Gasteiger partial charge in [-0.1, -0.05) is 42.1 Å². The van der Waals surface area contributed by atoms with Gasteiger partial charge in [-0.3, -0.25) is 0 Å². The second-order valence-corrected chi connectivity index (χ2v) is 9.83. The highest BCUT2D eigenvalue weighted by Crippen LogP contribution is 2.41. The zero-order valence-electron chi connectivity index (χ0n) is 18.6. The summed E-state index contributed by atoms with van der Waals surface area (Å²) in [6.07, 6.45) is -5.32. The van der Waals surface area contributed by atoms with E-state index >= 15 is 0 Å². The third-order valence-electron chi connectivity index (χ3n) is 6.28. The summed E-state index contributed by atoms with van der Waals surface area (Å²) in [7, 11) is 0. The van der Waals surface area contributed by atoms with Gasteiger partial charge < -0.3 is 30.4 Å². The van der Waals surface area contributed by atoms with Crippen molar-refractivity contribution in [2.45, 2.75) is 73.9 Å². The molecule has 2 aliphatic carbocycles. The Morgan fingerprint density at radius 3 is 2.21 bits per heavy atom. The van der Waals surface area contributed by atoms with Crippen LogP contribution in [0.25, 0.3) is 11.2 Å². The first-order valence-corrected chi connectivity index (χ1v) is 12.4. The Labute approximate surface area is 200 Å². The second kappa shape index (κ2) is 9.36. The zero-order chi connectivity index (χ0) is 24.0. The average molecular weight is 489 g/mol. The molecule has 0 radical (unpaired) electrons. The van der Waals surface area contributed by atoms with Gasteiger partial charge in [-0.2, -0.15) is 0 Å². The van der Waals surface area contributed by atoms with E-state index in [0.717, 1.165) is 30.7 Å². The average Bonchev–Trinajstić information content (AvgIpc) is 3.60. The minimum atomic E-state index is -1.69. The number of thioether (sulfide) groups is 1. The molecule has 2 heterocycles. The molecule has 0 spiro atoms. The Morgan fingerprint density at radius 1 is 0.941 bits per heavy atom. The predicted molar refractivity (Wildman–Crippen MR) is 125 cm³/mol. The molecular formula is C22H28N6O5S. The first-order valence-electron chi connectivity index (χ1n) is 11.4. The lowest BCUT2D eigenvalue weighted by Gasteiger charge is -2.41. The highest BCUT2D eigenvalue weighted by Gasteiger charge is 2.50. The molecule has 0 saturated heterocycles. The Balaban J connectivity index is 1.66. The van der Waals surface area contributed by atoms with Crippen molar-refractivity contribution in [3.05, 3.63) is 30.3 Å².